The van der Waals surface area contributed by atoms with Crippen LogP contribution in [0, 0.1) is 18.7 Å². The van der Waals surface area contributed by atoms with Gasteiger partial charge in [0.1, 0.15) is 5.82 Å². The Bertz CT molecular complexity index is 840. The van der Waals surface area contributed by atoms with E-state index in [4.69, 9.17) is 0 Å². The second kappa shape index (κ2) is 6.96. The van der Waals surface area contributed by atoms with E-state index in [2.05, 4.69) is 15.9 Å². The summed E-state index contributed by atoms with van der Waals surface area (Å²) in [4.78, 5) is 28.1. The Morgan fingerprint density at radius 1 is 1.28 bits per heavy atom. The molecular weight excluding hydrogens is 387 g/mol. The monoisotopic (exact) mass is 404 g/mol. The molecule has 0 aliphatic carbocycles. The number of nitrogens with zero attached hydrogens (tertiary/aromatic N) is 2. The Labute approximate surface area is 154 Å². The molecule has 1 atom stereocenters. The van der Waals surface area contributed by atoms with Crippen molar-refractivity contribution < 1.29 is 14.0 Å². The predicted octanol–water partition coefficient (Wildman–Crippen LogP) is 3.91. The van der Waals surface area contributed by atoms with Crippen LogP contribution in [-0.2, 0) is 9.59 Å². The number of rotatable bonds is 3. The first-order chi connectivity index (χ1) is 11.9. The number of anilines is 2. The van der Waals surface area contributed by atoms with E-state index in [1.54, 1.807) is 30.1 Å². The van der Waals surface area contributed by atoms with E-state index >= 15 is 0 Å². The van der Waals surface area contributed by atoms with Crippen molar-refractivity contribution in [3.63, 3.8) is 0 Å². The molecule has 1 heterocycles. The molecule has 2 aromatic rings. The normalized spacial score (nSPS) is 17.0. The molecule has 0 spiro atoms. The summed E-state index contributed by atoms with van der Waals surface area (Å²) in [5.74, 6) is -1.32. The number of hydrogen-bond acceptors (Lipinski definition) is 2. The van der Waals surface area contributed by atoms with E-state index in [1.165, 1.54) is 11.0 Å². The average Bonchev–Trinajstić information content (AvgIpc) is 2.95. The first-order valence-electron chi connectivity index (χ1n) is 7.97. The third-order valence-electron chi connectivity index (χ3n) is 4.47. The fourth-order valence-electron chi connectivity index (χ4n) is 3.16. The third-order valence-corrected chi connectivity index (χ3v) is 4.96. The number of hydrogen-bond donors (Lipinski definition) is 0. The first-order valence-corrected chi connectivity index (χ1v) is 8.76. The standard InChI is InChI=1S/C19H18BrFN2O2/c1-12-9-14(20)7-8-16(12)22(2)19(25)13-10-18(24)23(11-13)17-6-4-3-5-15(17)21/h3-9,13H,10-11H2,1-2H3. The van der Waals surface area contributed by atoms with Gasteiger partial charge in [0.25, 0.3) is 0 Å². The fourth-order valence-corrected chi connectivity index (χ4v) is 3.64. The van der Waals surface area contributed by atoms with Crippen LogP contribution in [0.25, 0.3) is 0 Å². The Morgan fingerprint density at radius 2 is 2.00 bits per heavy atom. The molecule has 4 nitrogen and oxygen atoms in total. The van der Waals surface area contributed by atoms with E-state index in [1.807, 2.05) is 25.1 Å². The van der Waals surface area contributed by atoms with Crippen LogP contribution in [0.4, 0.5) is 15.8 Å². The summed E-state index contributed by atoms with van der Waals surface area (Å²) in [5, 5.41) is 0. The number of amides is 2. The van der Waals surface area contributed by atoms with Crippen LogP contribution in [0.3, 0.4) is 0 Å². The predicted molar refractivity (Wildman–Crippen MR) is 99.1 cm³/mol. The first kappa shape index (κ1) is 17.6. The number of carbonyl (C=O) groups is 2. The molecule has 1 aliphatic heterocycles. The highest BCUT2D eigenvalue weighted by Gasteiger charge is 2.37. The molecule has 1 aliphatic rings. The van der Waals surface area contributed by atoms with Crippen LogP contribution < -0.4 is 9.80 Å². The van der Waals surface area contributed by atoms with Crippen molar-refractivity contribution in [1.29, 1.82) is 0 Å². The highest BCUT2D eigenvalue weighted by molar-refractivity contribution is 9.10. The van der Waals surface area contributed by atoms with Gasteiger partial charge in [-0.15, -0.1) is 0 Å². The number of halogens is 2. The SMILES string of the molecule is Cc1cc(Br)ccc1N(C)C(=O)C1CC(=O)N(c2ccccc2F)C1. The maximum atomic E-state index is 14.0. The van der Waals surface area contributed by atoms with Crippen LogP contribution in [0.5, 0.6) is 0 Å². The minimum absolute atomic E-state index is 0.0904. The van der Waals surface area contributed by atoms with Gasteiger partial charge in [-0.1, -0.05) is 28.1 Å². The van der Waals surface area contributed by atoms with Gasteiger partial charge in [0.2, 0.25) is 11.8 Å². The average molecular weight is 405 g/mol. The molecule has 0 saturated carbocycles. The summed E-state index contributed by atoms with van der Waals surface area (Å²) in [6.07, 6.45) is 0.0904. The topological polar surface area (TPSA) is 40.6 Å². The van der Waals surface area contributed by atoms with E-state index in [0.29, 0.717) is 0 Å². The van der Waals surface area contributed by atoms with Gasteiger partial charge in [-0.25, -0.2) is 4.39 Å². The molecule has 1 fully saturated rings. The van der Waals surface area contributed by atoms with Crippen molar-refractivity contribution in [3.05, 3.63) is 58.3 Å². The summed E-state index contributed by atoms with van der Waals surface area (Å²) in [5.41, 5.74) is 1.98. The number of benzene rings is 2. The van der Waals surface area contributed by atoms with Crippen LogP contribution in [-0.4, -0.2) is 25.4 Å². The molecule has 6 heteroatoms. The molecule has 1 unspecified atom stereocenters. The summed E-state index contributed by atoms with van der Waals surface area (Å²) < 4.78 is 14.9. The van der Waals surface area contributed by atoms with Gasteiger partial charge in [-0.05, 0) is 42.8 Å². The second-order valence-electron chi connectivity index (χ2n) is 6.18. The molecule has 0 N–H and O–H groups in total. The lowest BCUT2D eigenvalue weighted by Crippen LogP contribution is -2.35. The van der Waals surface area contributed by atoms with Crippen molar-refractivity contribution in [3.8, 4) is 0 Å². The molecule has 2 amide bonds. The summed E-state index contributed by atoms with van der Waals surface area (Å²) >= 11 is 3.41. The van der Waals surface area contributed by atoms with Gasteiger partial charge in [-0.3, -0.25) is 9.59 Å². The molecule has 130 valence electrons. The maximum absolute atomic E-state index is 14.0. The number of carbonyl (C=O) groups excluding carboxylic acids is 2. The van der Waals surface area contributed by atoms with E-state index < -0.39 is 11.7 Å². The molecule has 0 radical (unpaired) electrons. The van der Waals surface area contributed by atoms with Crippen LogP contribution in [0.15, 0.2) is 46.9 Å². The Hall–Kier alpha value is -2.21. The Morgan fingerprint density at radius 3 is 2.68 bits per heavy atom. The molecule has 3 rings (SSSR count). The maximum Gasteiger partial charge on any atom is 0.232 e. The molecule has 0 bridgehead atoms. The zero-order valence-electron chi connectivity index (χ0n) is 14.0. The summed E-state index contributed by atoms with van der Waals surface area (Å²) in [6, 6.07) is 11.8. The lowest BCUT2D eigenvalue weighted by molar-refractivity contribution is -0.124. The van der Waals surface area contributed by atoms with E-state index in [9.17, 15) is 14.0 Å². The molecule has 2 aromatic carbocycles. The van der Waals surface area contributed by atoms with Crippen molar-refractivity contribution in [2.75, 3.05) is 23.4 Å². The highest BCUT2D eigenvalue weighted by Crippen LogP contribution is 2.30. The summed E-state index contributed by atoms with van der Waals surface area (Å²) in [6.45, 7) is 2.12. The van der Waals surface area contributed by atoms with Crippen LogP contribution in [0.2, 0.25) is 0 Å². The molecule has 25 heavy (non-hydrogen) atoms. The van der Waals surface area contributed by atoms with Crippen molar-refractivity contribution in [2.24, 2.45) is 5.92 Å². The molecule has 0 aromatic heterocycles. The minimum atomic E-state index is -0.486. The second-order valence-corrected chi connectivity index (χ2v) is 7.10. The highest BCUT2D eigenvalue weighted by atomic mass is 79.9. The Kier molecular flexibility index (Phi) is 4.90. The minimum Gasteiger partial charge on any atom is -0.315 e. The van der Waals surface area contributed by atoms with E-state index in [0.717, 1.165) is 15.7 Å². The smallest absolute Gasteiger partial charge is 0.232 e. The lowest BCUT2D eigenvalue weighted by atomic mass is 10.1. The van der Waals surface area contributed by atoms with Gasteiger partial charge < -0.3 is 9.80 Å². The quantitative estimate of drug-likeness (QED) is 0.777. The van der Waals surface area contributed by atoms with Crippen LogP contribution >= 0.6 is 15.9 Å². The zero-order valence-corrected chi connectivity index (χ0v) is 15.6. The van der Waals surface area contributed by atoms with Crippen molar-refractivity contribution in [1.82, 2.24) is 0 Å². The van der Waals surface area contributed by atoms with Gasteiger partial charge >= 0.3 is 0 Å². The van der Waals surface area contributed by atoms with Gasteiger partial charge in [-0.2, -0.15) is 0 Å². The summed E-state index contributed by atoms with van der Waals surface area (Å²) in [7, 11) is 1.70. The lowest BCUT2D eigenvalue weighted by Gasteiger charge is -2.23. The van der Waals surface area contributed by atoms with Gasteiger partial charge in [0.05, 0.1) is 11.6 Å². The third kappa shape index (κ3) is 3.44. The molecular formula is C19H18BrFN2O2. The Balaban J connectivity index is 1.80. The van der Waals surface area contributed by atoms with Crippen molar-refractivity contribution in [2.45, 2.75) is 13.3 Å². The van der Waals surface area contributed by atoms with E-state index in [-0.39, 0.29) is 30.5 Å². The fraction of sp³-hybridized carbons (Fsp3) is 0.263. The molecule has 1 saturated heterocycles. The largest absolute Gasteiger partial charge is 0.315 e. The van der Waals surface area contributed by atoms with Gasteiger partial charge in [0.15, 0.2) is 0 Å². The number of aryl methyl sites for hydroxylation is 1. The van der Waals surface area contributed by atoms with Crippen molar-refractivity contribution >= 4 is 39.1 Å². The number of para-hydroxylation sites is 1. The van der Waals surface area contributed by atoms with Gasteiger partial charge in [0, 0.05) is 30.2 Å². The van der Waals surface area contributed by atoms with Crippen LogP contribution in [0.1, 0.15) is 12.0 Å². The zero-order chi connectivity index (χ0) is 18.1.